The van der Waals surface area contributed by atoms with E-state index in [-0.39, 0.29) is 18.4 Å². The van der Waals surface area contributed by atoms with Crippen LogP contribution < -0.4 is 10.1 Å². The summed E-state index contributed by atoms with van der Waals surface area (Å²) in [5, 5.41) is 5.03. The van der Waals surface area contributed by atoms with Crippen molar-refractivity contribution in [2.45, 2.75) is 13.8 Å². The molecule has 0 unspecified atom stereocenters. The number of hydrogen-bond acceptors (Lipinski definition) is 3. The van der Waals surface area contributed by atoms with Crippen molar-refractivity contribution in [2.24, 2.45) is 0 Å². The van der Waals surface area contributed by atoms with Gasteiger partial charge in [0.2, 0.25) is 11.8 Å². The van der Waals surface area contributed by atoms with Crippen LogP contribution in [0.25, 0.3) is 16.8 Å². The average molecular weight is 402 g/mol. The Morgan fingerprint density at radius 1 is 1.00 bits per heavy atom. The van der Waals surface area contributed by atoms with Crippen molar-refractivity contribution in [3.8, 4) is 5.75 Å². The maximum Gasteiger partial charge on any atom is 0.246 e. The number of anilines is 1. The third kappa shape index (κ3) is 5.06. The quantitative estimate of drug-likeness (QED) is 0.614. The SMILES string of the molecule is COc1ccc2cc(/C=C/C(=O)N(C)CC(=O)Nc3c(C)cccc3C)ccc2c1. The van der Waals surface area contributed by atoms with Gasteiger partial charge in [-0.2, -0.15) is 0 Å². The van der Waals surface area contributed by atoms with Gasteiger partial charge in [0, 0.05) is 18.8 Å². The topological polar surface area (TPSA) is 58.6 Å². The number of aryl methyl sites for hydroxylation is 2. The van der Waals surface area contributed by atoms with Gasteiger partial charge >= 0.3 is 0 Å². The zero-order valence-corrected chi connectivity index (χ0v) is 17.7. The number of methoxy groups -OCH3 is 1. The van der Waals surface area contributed by atoms with Gasteiger partial charge in [0.25, 0.3) is 0 Å². The Balaban J connectivity index is 1.62. The van der Waals surface area contributed by atoms with Crippen LogP contribution in [0, 0.1) is 13.8 Å². The van der Waals surface area contributed by atoms with E-state index < -0.39 is 0 Å². The number of rotatable bonds is 6. The molecule has 3 aromatic rings. The lowest BCUT2D eigenvalue weighted by Gasteiger charge is -2.16. The Labute approximate surface area is 177 Å². The maximum atomic E-state index is 12.4. The minimum Gasteiger partial charge on any atom is -0.497 e. The largest absolute Gasteiger partial charge is 0.497 e. The van der Waals surface area contributed by atoms with Gasteiger partial charge in [0.15, 0.2) is 0 Å². The van der Waals surface area contributed by atoms with E-state index in [1.54, 1.807) is 20.2 Å². The number of carbonyl (C=O) groups is 2. The van der Waals surface area contributed by atoms with Crippen LogP contribution >= 0.6 is 0 Å². The molecule has 5 heteroatoms. The summed E-state index contributed by atoms with van der Waals surface area (Å²) in [4.78, 5) is 26.2. The molecule has 0 radical (unpaired) electrons. The van der Waals surface area contributed by atoms with Crippen molar-refractivity contribution in [3.05, 3.63) is 77.4 Å². The lowest BCUT2D eigenvalue weighted by molar-refractivity contribution is -0.129. The summed E-state index contributed by atoms with van der Waals surface area (Å²) in [5.41, 5.74) is 3.69. The van der Waals surface area contributed by atoms with Crippen LogP contribution in [-0.4, -0.2) is 37.4 Å². The number of amides is 2. The normalized spacial score (nSPS) is 10.9. The fourth-order valence-corrected chi connectivity index (χ4v) is 3.25. The number of nitrogens with one attached hydrogen (secondary N) is 1. The average Bonchev–Trinajstić information content (AvgIpc) is 2.74. The third-order valence-electron chi connectivity index (χ3n) is 4.99. The van der Waals surface area contributed by atoms with Crippen LogP contribution in [0.1, 0.15) is 16.7 Å². The van der Waals surface area contributed by atoms with Crippen molar-refractivity contribution in [3.63, 3.8) is 0 Å². The molecule has 0 bridgehead atoms. The predicted octanol–water partition coefficient (Wildman–Crippen LogP) is 4.58. The smallest absolute Gasteiger partial charge is 0.246 e. The van der Waals surface area contributed by atoms with E-state index in [1.807, 2.05) is 68.4 Å². The lowest BCUT2D eigenvalue weighted by Crippen LogP contribution is -2.34. The molecule has 0 aliphatic heterocycles. The second-order valence-electron chi connectivity index (χ2n) is 7.32. The molecule has 0 saturated heterocycles. The fourth-order valence-electron chi connectivity index (χ4n) is 3.25. The molecule has 2 amide bonds. The van der Waals surface area contributed by atoms with E-state index >= 15 is 0 Å². The van der Waals surface area contributed by atoms with Crippen LogP contribution in [-0.2, 0) is 9.59 Å². The first-order valence-electron chi connectivity index (χ1n) is 9.74. The van der Waals surface area contributed by atoms with Crippen molar-refractivity contribution in [1.29, 1.82) is 0 Å². The van der Waals surface area contributed by atoms with E-state index in [9.17, 15) is 9.59 Å². The van der Waals surface area contributed by atoms with Crippen LogP contribution in [0.2, 0.25) is 0 Å². The Hall–Kier alpha value is -3.60. The Morgan fingerprint density at radius 2 is 1.67 bits per heavy atom. The Bertz CT molecular complexity index is 1100. The zero-order valence-electron chi connectivity index (χ0n) is 17.7. The zero-order chi connectivity index (χ0) is 21.7. The van der Waals surface area contributed by atoms with E-state index in [1.165, 1.54) is 11.0 Å². The van der Waals surface area contributed by atoms with Crippen LogP contribution in [0.4, 0.5) is 5.69 Å². The van der Waals surface area contributed by atoms with Gasteiger partial charge < -0.3 is 15.0 Å². The summed E-state index contributed by atoms with van der Waals surface area (Å²) >= 11 is 0. The molecule has 0 heterocycles. The van der Waals surface area contributed by atoms with E-state index in [2.05, 4.69) is 5.32 Å². The Kier molecular flexibility index (Phi) is 6.52. The molecule has 0 saturated carbocycles. The summed E-state index contributed by atoms with van der Waals surface area (Å²) in [7, 11) is 3.26. The number of para-hydroxylation sites is 1. The highest BCUT2D eigenvalue weighted by molar-refractivity contribution is 5.99. The monoisotopic (exact) mass is 402 g/mol. The summed E-state index contributed by atoms with van der Waals surface area (Å²) < 4.78 is 5.24. The summed E-state index contributed by atoms with van der Waals surface area (Å²) in [6.07, 6.45) is 3.24. The summed E-state index contributed by atoms with van der Waals surface area (Å²) in [6.45, 7) is 3.87. The van der Waals surface area contributed by atoms with Crippen molar-refractivity contribution < 1.29 is 14.3 Å². The van der Waals surface area contributed by atoms with Crippen molar-refractivity contribution in [1.82, 2.24) is 4.90 Å². The highest BCUT2D eigenvalue weighted by atomic mass is 16.5. The van der Waals surface area contributed by atoms with Crippen molar-refractivity contribution >= 4 is 34.4 Å². The summed E-state index contributed by atoms with van der Waals surface area (Å²) in [6, 6.07) is 17.6. The Morgan fingerprint density at radius 3 is 2.37 bits per heavy atom. The molecule has 30 heavy (non-hydrogen) atoms. The molecule has 0 aliphatic carbocycles. The lowest BCUT2D eigenvalue weighted by atomic mass is 10.1. The highest BCUT2D eigenvalue weighted by Crippen LogP contribution is 2.22. The molecule has 154 valence electrons. The number of benzene rings is 3. The minimum atomic E-state index is -0.235. The first kappa shape index (κ1) is 21.1. The molecule has 3 rings (SSSR count). The van der Waals surface area contributed by atoms with Crippen LogP contribution in [0.3, 0.4) is 0 Å². The first-order valence-corrected chi connectivity index (χ1v) is 9.74. The van der Waals surface area contributed by atoms with Gasteiger partial charge in [0.1, 0.15) is 5.75 Å². The fraction of sp³-hybridized carbons (Fsp3) is 0.200. The number of fused-ring (bicyclic) bond motifs is 1. The van der Waals surface area contributed by atoms with Crippen LogP contribution in [0.5, 0.6) is 5.75 Å². The second-order valence-corrected chi connectivity index (χ2v) is 7.32. The van der Waals surface area contributed by atoms with E-state index in [0.29, 0.717) is 0 Å². The van der Waals surface area contributed by atoms with Gasteiger partial charge in [0.05, 0.1) is 13.7 Å². The number of ether oxygens (including phenoxy) is 1. The van der Waals surface area contributed by atoms with Gasteiger partial charge in [-0.3, -0.25) is 9.59 Å². The molecule has 5 nitrogen and oxygen atoms in total. The second kappa shape index (κ2) is 9.27. The molecular weight excluding hydrogens is 376 g/mol. The van der Waals surface area contributed by atoms with Gasteiger partial charge in [-0.1, -0.05) is 36.4 Å². The summed E-state index contributed by atoms with van der Waals surface area (Å²) in [5.74, 6) is 0.347. The molecule has 1 N–H and O–H groups in total. The molecule has 0 aromatic heterocycles. The standard InChI is InChI=1S/C25H26N2O3/c1-17-6-5-7-18(2)25(17)26-23(28)16-27(3)24(29)13-9-19-8-10-21-15-22(30-4)12-11-20(21)14-19/h5-15H,16H2,1-4H3,(H,26,28)/b13-9+. The first-order chi connectivity index (χ1) is 14.4. The molecule has 0 atom stereocenters. The third-order valence-corrected chi connectivity index (χ3v) is 4.99. The number of nitrogens with zero attached hydrogens (tertiary/aromatic N) is 1. The van der Waals surface area contributed by atoms with E-state index in [4.69, 9.17) is 4.74 Å². The van der Waals surface area contributed by atoms with Gasteiger partial charge in [-0.15, -0.1) is 0 Å². The van der Waals surface area contributed by atoms with Gasteiger partial charge in [-0.05, 0) is 65.6 Å². The maximum absolute atomic E-state index is 12.4. The molecule has 0 fully saturated rings. The minimum absolute atomic E-state index is 0.0194. The number of hydrogen-bond donors (Lipinski definition) is 1. The number of likely N-dealkylation sites (N-methyl/N-ethyl adjacent to an activating group) is 1. The van der Waals surface area contributed by atoms with Crippen LogP contribution in [0.15, 0.2) is 60.7 Å². The predicted molar refractivity (Wildman–Crippen MR) is 122 cm³/mol. The highest BCUT2D eigenvalue weighted by Gasteiger charge is 2.12. The van der Waals surface area contributed by atoms with E-state index in [0.717, 1.165) is 38.9 Å². The molecule has 3 aromatic carbocycles. The van der Waals surface area contributed by atoms with Crippen molar-refractivity contribution in [2.75, 3.05) is 26.0 Å². The van der Waals surface area contributed by atoms with Gasteiger partial charge in [-0.25, -0.2) is 0 Å². The molecule has 0 spiro atoms. The molecular formula is C25H26N2O3. The number of carbonyl (C=O) groups excluding carboxylic acids is 2. The molecule has 0 aliphatic rings.